The number of para-hydroxylation sites is 1. The van der Waals surface area contributed by atoms with Gasteiger partial charge in [-0.15, -0.1) is 0 Å². The van der Waals surface area contributed by atoms with Crippen molar-refractivity contribution in [3.05, 3.63) is 57.4 Å². The minimum Gasteiger partial charge on any atom is -0.396 e. The lowest BCUT2D eigenvalue weighted by Gasteiger charge is -2.30. The summed E-state index contributed by atoms with van der Waals surface area (Å²) in [5, 5.41) is 16.5. The number of carbonyl (C=O) groups is 1. The number of amides is 1. The molecule has 0 unspecified atom stereocenters. The zero-order chi connectivity index (χ0) is 24.1. The molecule has 34 heavy (non-hydrogen) atoms. The molecule has 180 valence electrons. The third-order valence-corrected chi connectivity index (χ3v) is 7.19. The predicted octanol–water partition coefficient (Wildman–Crippen LogP) is 4.45. The minimum atomic E-state index is -0.258. The number of carbonyl (C=O) groups excluding carboxylic acids is 1. The van der Waals surface area contributed by atoms with Gasteiger partial charge in [0.1, 0.15) is 16.5 Å². The molecule has 3 heterocycles. The van der Waals surface area contributed by atoms with Crippen molar-refractivity contribution >= 4 is 45.5 Å². The smallest absolute Gasteiger partial charge is 0.267 e. The van der Waals surface area contributed by atoms with E-state index in [-0.39, 0.29) is 12.5 Å². The van der Waals surface area contributed by atoms with Crippen molar-refractivity contribution in [2.24, 2.45) is 5.92 Å². The number of aliphatic hydroxyl groups excluding tert-OH is 1. The Hall–Kier alpha value is -2.59. The van der Waals surface area contributed by atoms with Gasteiger partial charge in [0.05, 0.1) is 16.9 Å². The zero-order valence-electron chi connectivity index (χ0n) is 19.3. The summed E-state index contributed by atoms with van der Waals surface area (Å²) < 4.78 is 0. The number of likely N-dealkylation sites (tertiary alicyclic amines) is 1. The van der Waals surface area contributed by atoms with Gasteiger partial charge in [-0.05, 0) is 57.3 Å². The van der Waals surface area contributed by atoms with Crippen molar-refractivity contribution in [1.29, 1.82) is 0 Å². The molecule has 1 aliphatic rings. The molecule has 1 fully saturated rings. The molecule has 1 amide bonds. The summed E-state index contributed by atoms with van der Waals surface area (Å²) in [6.07, 6.45) is 4.45. The number of nitrogens with zero attached hydrogens (tertiary/aromatic N) is 4. The predicted molar refractivity (Wildman–Crippen MR) is 136 cm³/mol. The lowest BCUT2D eigenvalue weighted by atomic mass is 9.98. The van der Waals surface area contributed by atoms with Gasteiger partial charge in [-0.1, -0.05) is 35.1 Å². The Kier molecular flexibility index (Phi) is 8.10. The van der Waals surface area contributed by atoms with Crippen molar-refractivity contribution < 1.29 is 9.90 Å². The highest BCUT2D eigenvalue weighted by molar-refractivity contribution is 7.17. The van der Waals surface area contributed by atoms with E-state index in [2.05, 4.69) is 30.5 Å². The Morgan fingerprint density at radius 3 is 2.79 bits per heavy atom. The number of nitrogens with one attached hydrogen (secondary N) is 2. The van der Waals surface area contributed by atoms with E-state index in [1.165, 1.54) is 11.3 Å². The van der Waals surface area contributed by atoms with Crippen molar-refractivity contribution in [2.75, 3.05) is 36.9 Å². The molecule has 1 saturated heterocycles. The van der Waals surface area contributed by atoms with E-state index in [1.54, 1.807) is 12.3 Å². The molecule has 0 aliphatic carbocycles. The van der Waals surface area contributed by atoms with Crippen LogP contribution in [0.2, 0.25) is 5.02 Å². The zero-order valence-corrected chi connectivity index (χ0v) is 20.9. The number of halogens is 1. The fraction of sp³-hybridized carbons (Fsp3) is 0.417. The summed E-state index contributed by atoms with van der Waals surface area (Å²) in [7, 11) is 0. The summed E-state index contributed by atoms with van der Waals surface area (Å²) in [6.45, 7) is 7.00. The molecule has 1 aromatic carbocycles. The van der Waals surface area contributed by atoms with Crippen LogP contribution in [-0.2, 0) is 6.42 Å². The Morgan fingerprint density at radius 1 is 1.26 bits per heavy atom. The molecule has 3 aromatic rings. The van der Waals surface area contributed by atoms with E-state index >= 15 is 0 Å². The number of benzene rings is 1. The summed E-state index contributed by atoms with van der Waals surface area (Å²) >= 11 is 7.48. The van der Waals surface area contributed by atoms with Crippen molar-refractivity contribution in [2.45, 2.75) is 33.1 Å². The first kappa shape index (κ1) is 24.5. The lowest BCUT2D eigenvalue weighted by Crippen LogP contribution is -2.36. The van der Waals surface area contributed by atoms with Crippen LogP contribution in [0.25, 0.3) is 0 Å². The van der Waals surface area contributed by atoms with E-state index in [4.69, 9.17) is 11.6 Å². The van der Waals surface area contributed by atoms with E-state index < -0.39 is 0 Å². The molecular weight excluding hydrogens is 472 g/mol. The first-order valence-corrected chi connectivity index (χ1v) is 12.6. The molecular formula is C24H29ClN6O2S. The normalized spacial score (nSPS) is 14.8. The number of piperidine rings is 1. The standard InChI is InChI=1S/C24H29ClN6O2S/c1-15-4-3-5-19(25)22(15)30-23(33)20-13-26-24(34-20)29-21-12-18(27-16(2)28-21)8-11-31-9-6-17(14-32)7-10-31/h3-5,12-13,17,32H,6-11,14H2,1-2H3,(H,30,33)(H,26,27,28,29). The maximum absolute atomic E-state index is 12.7. The maximum Gasteiger partial charge on any atom is 0.267 e. The molecule has 4 rings (SSSR count). The Bertz CT molecular complexity index is 1130. The number of aliphatic hydroxyl groups is 1. The number of hydrogen-bond donors (Lipinski definition) is 3. The van der Waals surface area contributed by atoms with Crippen LogP contribution in [0.4, 0.5) is 16.6 Å². The summed E-state index contributed by atoms with van der Waals surface area (Å²) in [4.78, 5) is 29.0. The first-order valence-electron chi connectivity index (χ1n) is 11.4. The highest BCUT2D eigenvalue weighted by atomic mass is 35.5. The monoisotopic (exact) mass is 500 g/mol. The van der Waals surface area contributed by atoms with Gasteiger partial charge in [0.15, 0.2) is 5.13 Å². The van der Waals surface area contributed by atoms with Gasteiger partial charge in [0.25, 0.3) is 5.91 Å². The van der Waals surface area contributed by atoms with E-state index in [0.29, 0.717) is 38.3 Å². The molecule has 0 radical (unpaired) electrons. The van der Waals surface area contributed by atoms with Gasteiger partial charge in [-0.2, -0.15) is 0 Å². The van der Waals surface area contributed by atoms with Crippen LogP contribution < -0.4 is 10.6 Å². The summed E-state index contributed by atoms with van der Waals surface area (Å²) in [6, 6.07) is 7.42. The SMILES string of the molecule is Cc1nc(CCN2CCC(CO)CC2)cc(Nc2ncc(C(=O)Nc3c(C)cccc3Cl)s2)n1. The molecule has 0 saturated carbocycles. The molecule has 0 spiro atoms. The van der Waals surface area contributed by atoms with Gasteiger partial charge in [0, 0.05) is 31.3 Å². The topological polar surface area (TPSA) is 103 Å². The van der Waals surface area contributed by atoms with Crippen LogP contribution in [-0.4, -0.2) is 57.1 Å². The van der Waals surface area contributed by atoms with Gasteiger partial charge in [0.2, 0.25) is 0 Å². The van der Waals surface area contributed by atoms with Crippen LogP contribution in [0, 0.1) is 19.8 Å². The van der Waals surface area contributed by atoms with E-state index in [1.807, 2.05) is 32.0 Å². The summed E-state index contributed by atoms with van der Waals surface area (Å²) in [5.74, 6) is 1.52. The quantitative estimate of drug-likeness (QED) is 0.420. The maximum atomic E-state index is 12.7. The first-order chi connectivity index (χ1) is 16.4. The highest BCUT2D eigenvalue weighted by Crippen LogP contribution is 2.28. The second-order valence-electron chi connectivity index (χ2n) is 8.55. The fourth-order valence-electron chi connectivity index (χ4n) is 4.00. The van der Waals surface area contributed by atoms with Gasteiger partial charge < -0.3 is 20.6 Å². The van der Waals surface area contributed by atoms with Crippen molar-refractivity contribution in [3.63, 3.8) is 0 Å². The van der Waals surface area contributed by atoms with E-state index in [0.717, 1.165) is 50.2 Å². The molecule has 2 aromatic heterocycles. The summed E-state index contributed by atoms with van der Waals surface area (Å²) in [5.41, 5.74) is 2.46. The number of hydrogen-bond acceptors (Lipinski definition) is 8. The largest absolute Gasteiger partial charge is 0.396 e. The second kappa shape index (κ2) is 11.2. The average molecular weight is 501 g/mol. The molecule has 1 aliphatic heterocycles. The Balaban J connectivity index is 1.37. The Morgan fingerprint density at radius 2 is 2.06 bits per heavy atom. The number of aromatic nitrogens is 3. The molecule has 0 atom stereocenters. The molecule has 3 N–H and O–H groups in total. The Labute approximate surface area is 208 Å². The highest BCUT2D eigenvalue weighted by Gasteiger charge is 2.19. The van der Waals surface area contributed by atoms with Crippen LogP contribution in [0.5, 0.6) is 0 Å². The number of rotatable bonds is 8. The second-order valence-corrected chi connectivity index (χ2v) is 9.99. The third kappa shape index (κ3) is 6.29. The number of thiazole rings is 1. The molecule has 0 bridgehead atoms. The molecule has 10 heteroatoms. The van der Waals surface area contributed by atoms with Crippen LogP contribution in [0.3, 0.4) is 0 Å². The lowest BCUT2D eigenvalue weighted by molar-refractivity contribution is 0.103. The molecule has 8 nitrogen and oxygen atoms in total. The third-order valence-electron chi connectivity index (χ3n) is 5.97. The van der Waals surface area contributed by atoms with Crippen LogP contribution in [0.1, 0.15) is 39.6 Å². The number of aryl methyl sites for hydroxylation is 2. The van der Waals surface area contributed by atoms with Crippen LogP contribution >= 0.6 is 22.9 Å². The van der Waals surface area contributed by atoms with Gasteiger partial charge in [-0.3, -0.25) is 4.79 Å². The van der Waals surface area contributed by atoms with E-state index in [9.17, 15) is 9.90 Å². The fourth-order valence-corrected chi connectivity index (χ4v) is 4.99. The van der Waals surface area contributed by atoms with Crippen LogP contribution in [0.15, 0.2) is 30.5 Å². The van der Waals surface area contributed by atoms with Crippen molar-refractivity contribution in [1.82, 2.24) is 19.9 Å². The average Bonchev–Trinajstić information content (AvgIpc) is 3.28. The minimum absolute atomic E-state index is 0.258. The van der Waals surface area contributed by atoms with Gasteiger partial charge >= 0.3 is 0 Å². The number of anilines is 3. The van der Waals surface area contributed by atoms with Crippen molar-refractivity contribution in [3.8, 4) is 0 Å². The van der Waals surface area contributed by atoms with Gasteiger partial charge in [-0.25, -0.2) is 15.0 Å².